The zero-order valence-corrected chi connectivity index (χ0v) is 16.0. The molecule has 29 heavy (non-hydrogen) atoms. The van der Waals surface area contributed by atoms with Crippen LogP contribution in [-0.2, 0) is 7.05 Å². The minimum atomic E-state index is -3.13. The lowest BCUT2D eigenvalue weighted by atomic mass is 9.97. The Labute approximate surface area is 184 Å². The minimum absolute atomic E-state index is 0.0441. The number of pyridine rings is 2. The van der Waals surface area contributed by atoms with E-state index in [-0.39, 0.29) is 11.3 Å². The van der Waals surface area contributed by atoms with Crippen molar-refractivity contribution >= 4 is 32.8 Å². The van der Waals surface area contributed by atoms with Gasteiger partial charge in [-0.3, -0.25) is 0 Å². The van der Waals surface area contributed by atoms with Crippen molar-refractivity contribution < 1.29 is 22.7 Å². The van der Waals surface area contributed by atoms with E-state index in [2.05, 4.69) is 4.98 Å². The fourth-order valence-corrected chi connectivity index (χ4v) is 3.89. The molecular formula is C26H25N2O+. The summed E-state index contributed by atoms with van der Waals surface area (Å²) in [6, 6.07) is 13.3. The molecule has 0 aliphatic heterocycles. The number of fused-ring (bicyclic) bond motifs is 5. The third-order valence-electron chi connectivity index (χ3n) is 5.39. The molecule has 144 valence electrons. The quantitative estimate of drug-likeness (QED) is 0.327. The molecule has 0 unspecified atom stereocenters. The fourth-order valence-electron chi connectivity index (χ4n) is 3.89. The second-order valence-corrected chi connectivity index (χ2v) is 7.21. The number of nitrogens with zero attached hydrogens (tertiary/aromatic N) is 2. The van der Waals surface area contributed by atoms with Crippen LogP contribution in [0.5, 0.6) is 0 Å². The molecule has 3 aromatic heterocycles. The zero-order valence-electron chi connectivity index (χ0n) is 26.0. The van der Waals surface area contributed by atoms with Gasteiger partial charge in [0.2, 0.25) is 5.69 Å². The van der Waals surface area contributed by atoms with Crippen molar-refractivity contribution in [1.82, 2.24) is 4.98 Å². The van der Waals surface area contributed by atoms with Crippen LogP contribution < -0.4 is 4.57 Å². The molecule has 0 spiro atoms. The molecule has 2 aromatic carbocycles. The standard InChI is InChI=1S/C26H25N2O/c1-15(2)18-12-13-28(5)22(14-18)23-16(3)10-11-21-24-26(29-25(21)23)20-9-7-6-8-19(20)17(4)27-24/h6-15H,1-5H3/q+1/i1D3,2D3,4D3,15D. The topological polar surface area (TPSA) is 29.9 Å². The van der Waals surface area contributed by atoms with E-state index in [0.29, 0.717) is 44.1 Å². The number of furan rings is 1. The van der Waals surface area contributed by atoms with Crippen molar-refractivity contribution in [3.8, 4) is 11.3 Å². The molecule has 0 radical (unpaired) electrons. The van der Waals surface area contributed by atoms with Gasteiger partial charge in [0.25, 0.3) is 0 Å². The Kier molecular flexibility index (Phi) is 2.22. The Bertz CT molecular complexity index is 1750. The van der Waals surface area contributed by atoms with Crippen LogP contribution in [0.3, 0.4) is 0 Å². The number of benzene rings is 2. The lowest BCUT2D eigenvalue weighted by Gasteiger charge is -2.09. The number of aryl methyl sites for hydroxylation is 3. The molecule has 0 atom stereocenters. The summed E-state index contributed by atoms with van der Waals surface area (Å²) in [6.07, 6.45) is 1.52. The highest BCUT2D eigenvalue weighted by molar-refractivity contribution is 6.15. The molecule has 3 heteroatoms. The predicted molar refractivity (Wildman–Crippen MR) is 119 cm³/mol. The molecule has 0 fully saturated rings. The third kappa shape index (κ3) is 2.65. The summed E-state index contributed by atoms with van der Waals surface area (Å²) in [5.74, 6) is -2.87. The highest BCUT2D eigenvalue weighted by atomic mass is 16.3. The van der Waals surface area contributed by atoms with E-state index >= 15 is 0 Å². The van der Waals surface area contributed by atoms with Gasteiger partial charge < -0.3 is 4.42 Å². The van der Waals surface area contributed by atoms with Gasteiger partial charge in [-0.15, -0.1) is 0 Å². The molecule has 0 saturated heterocycles. The Morgan fingerprint density at radius 2 is 1.86 bits per heavy atom. The zero-order chi connectivity index (χ0) is 28.7. The van der Waals surface area contributed by atoms with E-state index in [1.54, 1.807) is 41.9 Å². The first-order chi connectivity index (χ1) is 18.0. The Balaban J connectivity index is 1.88. The number of rotatable bonds is 2. The molecule has 0 aliphatic rings. The van der Waals surface area contributed by atoms with Crippen LogP contribution >= 0.6 is 0 Å². The normalized spacial score (nSPS) is 18.7. The number of hydrogen-bond donors (Lipinski definition) is 0. The maximum absolute atomic E-state index is 8.65. The predicted octanol–water partition coefficient (Wildman–Crippen LogP) is 6.37. The van der Waals surface area contributed by atoms with Crippen LogP contribution in [0.15, 0.2) is 59.1 Å². The maximum Gasteiger partial charge on any atom is 0.216 e. The average Bonchev–Trinajstić information content (AvgIpc) is 3.20. The van der Waals surface area contributed by atoms with Crippen LogP contribution in [-0.4, -0.2) is 4.98 Å². The van der Waals surface area contributed by atoms with Crippen molar-refractivity contribution in [3.63, 3.8) is 0 Å². The second kappa shape index (κ2) is 6.41. The van der Waals surface area contributed by atoms with E-state index in [0.717, 1.165) is 5.56 Å². The molecule has 0 N–H and O–H groups in total. The first kappa shape index (κ1) is 10.0. The van der Waals surface area contributed by atoms with Gasteiger partial charge in [-0.05, 0) is 36.9 Å². The van der Waals surface area contributed by atoms with Crippen LogP contribution in [0.25, 0.3) is 44.1 Å². The molecule has 0 aliphatic carbocycles. The molecule has 0 amide bonds. The second-order valence-electron chi connectivity index (χ2n) is 7.21. The van der Waals surface area contributed by atoms with Gasteiger partial charge >= 0.3 is 0 Å². The highest BCUT2D eigenvalue weighted by Crippen LogP contribution is 2.39. The Morgan fingerprint density at radius 1 is 1.03 bits per heavy atom. The molecule has 5 rings (SSSR count). The molecule has 0 saturated carbocycles. The smallest absolute Gasteiger partial charge is 0.216 e. The summed E-state index contributed by atoms with van der Waals surface area (Å²) in [4.78, 5) is 4.53. The molecule has 3 heterocycles. The fraction of sp³-hybridized carbons (Fsp3) is 0.231. The van der Waals surface area contributed by atoms with Crippen LogP contribution in [0.4, 0.5) is 0 Å². The third-order valence-corrected chi connectivity index (χ3v) is 5.39. The summed E-state index contributed by atoms with van der Waals surface area (Å²) in [5.41, 5.74) is 2.65. The van der Waals surface area contributed by atoms with E-state index < -0.39 is 26.4 Å². The van der Waals surface area contributed by atoms with Gasteiger partial charge in [-0.25, -0.2) is 9.55 Å². The molecule has 3 nitrogen and oxygen atoms in total. The van der Waals surface area contributed by atoms with E-state index in [1.165, 1.54) is 18.3 Å². The highest BCUT2D eigenvalue weighted by Gasteiger charge is 2.23. The first-order valence-corrected chi connectivity index (χ1v) is 9.22. The van der Waals surface area contributed by atoms with Gasteiger partial charge in [-0.2, -0.15) is 0 Å². The SMILES string of the molecule is [2H]C([2H])([2H])c1nc2c3ccc(C)c(-c4cc(C([2H])(C([2H])([2H])[2H])C([2H])([2H])[2H])cc[n+]4C)c3oc2c2ccccc12. The van der Waals surface area contributed by atoms with Gasteiger partial charge in [-0.1, -0.05) is 44.0 Å². The van der Waals surface area contributed by atoms with Crippen LogP contribution in [0, 0.1) is 13.8 Å². The van der Waals surface area contributed by atoms with Gasteiger partial charge in [0.05, 0.1) is 5.56 Å². The van der Waals surface area contributed by atoms with Gasteiger partial charge in [0.15, 0.2) is 17.4 Å². The summed E-state index contributed by atoms with van der Waals surface area (Å²) in [6.45, 7) is -6.90. The first-order valence-electron chi connectivity index (χ1n) is 14.2. The van der Waals surface area contributed by atoms with Crippen LogP contribution in [0.2, 0.25) is 0 Å². The largest absolute Gasteiger partial charge is 0.453 e. The van der Waals surface area contributed by atoms with Crippen molar-refractivity contribution in [2.24, 2.45) is 7.05 Å². The summed E-state index contributed by atoms with van der Waals surface area (Å²) >= 11 is 0. The lowest BCUT2D eigenvalue weighted by Crippen LogP contribution is -2.31. The van der Waals surface area contributed by atoms with Crippen molar-refractivity contribution in [2.75, 3.05) is 0 Å². The van der Waals surface area contributed by atoms with Gasteiger partial charge in [0, 0.05) is 47.7 Å². The monoisotopic (exact) mass is 391 g/mol. The van der Waals surface area contributed by atoms with Gasteiger partial charge in [0.1, 0.15) is 12.6 Å². The van der Waals surface area contributed by atoms with Crippen molar-refractivity contribution in [2.45, 2.75) is 33.4 Å². The number of hydrogen-bond acceptors (Lipinski definition) is 2. The Morgan fingerprint density at radius 3 is 2.66 bits per heavy atom. The molecule has 5 aromatic rings. The van der Waals surface area contributed by atoms with E-state index in [4.69, 9.17) is 18.1 Å². The van der Waals surface area contributed by atoms with E-state index in [1.807, 2.05) is 13.0 Å². The lowest BCUT2D eigenvalue weighted by molar-refractivity contribution is -0.660. The average molecular weight is 392 g/mol. The number of aromatic nitrogens is 2. The van der Waals surface area contributed by atoms with E-state index in [9.17, 15) is 0 Å². The maximum atomic E-state index is 8.65. The minimum Gasteiger partial charge on any atom is -0.453 e. The Hall–Kier alpha value is -3.20. The molecule has 0 bridgehead atoms. The summed E-state index contributed by atoms with van der Waals surface area (Å²) in [7, 11) is 1.72. The van der Waals surface area contributed by atoms with Crippen molar-refractivity contribution in [1.29, 1.82) is 0 Å². The van der Waals surface area contributed by atoms with Crippen LogP contribution in [0.1, 0.15) is 50.1 Å². The van der Waals surface area contributed by atoms with Crippen molar-refractivity contribution in [3.05, 3.63) is 71.5 Å². The summed E-state index contributed by atoms with van der Waals surface area (Å²) < 4.78 is 88.3. The summed E-state index contributed by atoms with van der Waals surface area (Å²) in [5, 5.41) is 1.58. The molecular weight excluding hydrogens is 356 g/mol.